The van der Waals surface area contributed by atoms with Gasteiger partial charge in [-0.15, -0.1) is 5.10 Å². The van der Waals surface area contributed by atoms with Gasteiger partial charge in [0, 0.05) is 5.56 Å². The van der Waals surface area contributed by atoms with Crippen LogP contribution in [0.1, 0.15) is 49.3 Å². The molecule has 1 fully saturated rings. The SMILES string of the molecule is CC(C)(C#Cc1ccc(NC(=O)CSc2nnnn2-c2cc(C3CC3)cc(C(F)(F)F)c2Cl)c(Cl)c1)C(=O)O. The number of aliphatic carboxylic acids is 1. The Morgan fingerprint density at radius 3 is 2.54 bits per heavy atom. The Labute approximate surface area is 235 Å². The quantitative estimate of drug-likeness (QED) is 0.251. The molecule has 1 saturated carbocycles. The number of carbonyl (C=O) groups is 2. The van der Waals surface area contributed by atoms with Gasteiger partial charge in [0.1, 0.15) is 5.41 Å². The smallest absolute Gasteiger partial charge is 0.417 e. The van der Waals surface area contributed by atoms with Crippen LogP contribution in [0.15, 0.2) is 35.5 Å². The zero-order valence-corrected chi connectivity index (χ0v) is 22.8. The molecule has 1 aliphatic carbocycles. The van der Waals surface area contributed by atoms with Crippen LogP contribution in [-0.4, -0.2) is 42.9 Å². The summed E-state index contributed by atoms with van der Waals surface area (Å²) in [7, 11) is 0. The lowest BCUT2D eigenvalue weighted by atomic mass is 9.94. The van der Waals surface area contributed by atoms with E-state index in [4.69, 9.17) is 28.3 Å². The van der Waals surface area contributed by atoms with Gasteiger partial charge in [-0.2, -0.15) is 17.9 Å². The summed E-state index contributed by atoms with van der Waals surface area (Å²) in [4.78, 5) is 23.8. The van der Waals surface area contributed by atoms with Crippen LogP contribution in [0.25, 0.3) is 5.69 Å². The third-order valence-electron chi connectivity index (χ3n) is 5.73. The van der Waals surface area contributed by atoms with E-state index in [0.29, 0.717) is 16.8 Å². The van der Waals surface area contributed by atoms with Crippen molar-refractivity contribution in [2.45, 2.75) is 43.9 Å². The van der Waals surface area contributed by atoms with Gasteiger partial charge >= 0.3 is 12.1 Å². The summed E-state index contributed by atoms with van der Waals surface area (Å²) in [6, 6.07) is 7.18. The van der Waals surface area contributed by atoms with E-state index in [0.717, 1.165) is 35.4 Å². The van der Waals surface area contributed by atoms with Crippen LogP contribution < -0.4 is 5.32 Å². The van der Waals surface area contributed by atoms with E-state index >= 15 is 0 Å². The number of benzene rings is 2. The highest BCUT2D eigenvalue weighted by Crippen LogP contribution is 2.46. The second-order valence-electron chi connectivity index (χ2n) is 9.26. The van der Waals surface area contributed by atoms with E-state index in [-0.39, 0.29) is 27.5 Å². The fourth-order valence-electron chi connectivity index (χ4n) is 3.36. The number of aromatic nitrogens is 4. The number of rotatable bonds is 7. The van der Waals surface area contributed by atoms with Gasteiger partial charge in [0.05, 0.1) is 32.7 Å². The van der Waals surface area contributed by atoms with Gasteiger partial charge in [-0.1, -0.05) is 46.8 Å². The number of tetrazole rings is 1. The predicted octanol–water partition coefficient (Wildman–Crippen LogP) is 6.06. The number of carboxylic acids is 1. The predicted molar refractivity (Wildman–Crippen MR) is 140 cm³/mol. The first-order chi connectivity index (χ1) is 18.3. The van der Waals surface area contributed by atoms with Gasteiger partial charge in [-0.05, 0) is 78.9 Å². The molecule has 0 radical (unpaired) electrons. The molecule has 0 unspecified atom stereocenters. The molecule has 1 heterocycles. The maximum atomic E-state index is 13.6. The number of anilines is 1. The highest BCUT2D eigenvalue weighted by molar-refractivity contribution is 7.99. The molecule has 0 aliphatic heterocycles. The minimum atomic E-state index is -4.66. The van der Waals surface area contributed by atoms with Crippen molar-refractivity contribution in [1.82, 2.24) is 20.2 Å². The number of nitrogens with one attached hydrogen (secondary N) is 1. The largest absolute Gasteiger partial charge is 0.480 e. The van der Waals surface area contributed by atoms with Crippen molar-refractivity contribution >= 4 is 52.5 Å². The zero-order valence-electron chi connectivity index (χ0n) is 20.4. The molecule has 0 saturated heterocycles. The number of amides is 1. The van der Waals surface area contributed by atoms with Gasteiger partial charge in [0.15, 0.2) is 0 Å². The summed E-state index contributed by atoms with van der Waals surface area (Å²) in [5, 5.41) is 22.7. The zero-order chi connectivity index (χ0) is 28.5. The second kappa shape index (κ2) is 11.1. The van der Waals surface area contributed by atoms with Crippen molar-refractivity contribution in [2.24, 2.45) is 5.41 Å². The summed E-state index contributed by atoms with van der Waals surface area (Å²) >= 11 is 13.3. The Balaban J connectivity index is 1.48. The third-order valence-corrected chi connectivity index (χ3v) is 7.36. The topological polar surface area (TPSA) is 110 Å². The molecule has 2 N–H and O–H groups in total. The maximum Gasteiger partial charge on any atom is 0.417 e. The summed E-state index contributed by atoms with van der Waals surface area (Å²) in [6.45, 7) is 2.94. The first-order valence-electron chi connectivity index (χ1n) is 11.4. The molecule has 14 heteroatoms. The van der Waals surface area contributed by atoms with E-state index in [1.807, 2.05) is 0 Å². The number of hydrogen-bond donors (Lipinski definition) is 2. The van der Waals surface area contributed by atoms with Crippen LogP contribution in [-0.2, 0) is 15.8 Å². The molecule has 0 atom stereocenters. The first-order valence-corrected chi connectivity index (χ1v) is 13.2. The number of alkyl halides is 3. The molecule has 0 spiro atoms. The highest BCUT2D eigenvalue weighted by atomic mass is 35.5. The van der Waals surface area contributed by atoms with Crippen molar-refractivity contribution in [2.75, 3.05) is 11.1 Å². The normalized spacial score (nSPS) is 13.5. The first kappa shape index (κ1) is 28.7. The lowest BCUT2D eigenvalue weighted by molar-refractivity contribution is -0.143. The Kier molecular flexibility index (Phi) is 8.16. The van der Waals surface area contributed by atoms with Gasteiger partial charge in [-0.3, -0.25) is 9.59 Å². The molecular weight excluding hydrogens is 578 g/mol. The number of thioether (sulfide) groups is 1. The van der Waals surface area contributed by atoms with E-state index in [9.17, 15) is 22.8 Å². The fraction of sp³-hybridized carbons (Fsp3) is 0.320. The standard InChI is InChI=1S/C25H20Cl2F3N5O3S/c1-24(2,22(37)38)8-7-13-3-6-18(17(26)9-13)31-20(36)12-39-23-32-33-34-35(23)19-11-15(14-4-5-14)10-16(21(19)27)25(28,29)30/h3,6,9-11,14H,4-5,12H2,1-2H3,(H,31,36)(H,37,38). The van der Waals surface area contributed by atoms with Gasteiger partial charge in [0.25, 0.3) is 0 Å². The van der Waals surface area contributed by atoms with Crippen LogP contribution in [0.3, 0.4) is 0 Å². The minimum absolute atomic E-state index is 0.0197. The third kappa shape index (κ3) is 6.84. The Morgan fingerprint density at radius 1 is 1.21 bits per heavy atom. The molecule has 3 aromatic rings. The van der Waals surface area contributed by atoms with Crippen LogP contribution in [0.4, 0.5) is 18.9 Å². The summed E-state index contributed by atoms with van der Waals surface area (Å²) in [6.07, 6.45) is -3.09. The van der Waals surface area contributed by atoms with Gasteiger partial charge in [-0.25, -0.2) is 0 Å². The second-order valence-corrected chi connectivity index (χ2v) is 11.0. The van der Waals surface area contributed by atoms with Crippen molar-refractivity contribution in [1.29, 1.82) is 0 Å². The Hall–Kier alpha value is -3.27. The summed E-state index contributed by atoms with van der Waals surface area (Å²) in [5.41, 5.74) is -0.984. The number of carboxylic acid groups (broad SMARTS) is 1. The molecule has 1 aromatic heterocycles. The van der Waals surface area contributed by atoms with Crippen LogP contribution in [0.2, 0.25) is 10.0 Å². The number of hydrogen-bond acceptors (Lipinski definition) is 6. The summed E-state index contributed by atoms with van der Waals surface area (Å²) in [5.74, 6) is 3.70. The maximum absolute atomic E-state index is 13.6. The lowest BCUT2D eigenvalue weighted by Gasteiger charge is -2.15. The molecule has 2 aromatic carbocycles. The van der Waals surface area contributed by atoms with E-state index in [1.165, 1.54) is 32.0 Å². The van der Waals surface area contributed by atoms with Crippen molar-refractivity contribution < 1.29 is 27.9 Å². The van der Waals surface area contributed by atoms with E-state index in [2.05, 4.69) is 32.7 Å². The molecule has 1 aliphatic rings. The molecule has 204 valence electrons. The van der Waals surface area contributed by atoms with Gasteiger partial charge < -0.3 is 10.4 Å². The van der Waals surface area contributed by atoms with Crippen LogP contribution in [0, 0.1) is 17.3 Å². The van der Waals surface area contributed by atoms with Crippen molar-refractivity contribution in [3.05, 3.63) is 57.1 Å². The fourth-order valence-corrected chi connectivity index (χ4v) is 4.56. The minimum Gasteiger partial charge on any atom is -0.480 e. The van der Waals surface area contributed by atoms with Crippen LogP contribution in [0.5, 0.6) is 0 Å². The van der Waals surface area contributed by atoms with E-state index in [1.54, 1.807) is 6.07 Å². The number of nitrogens with zero attached hydrogens (tertiary/aromatic N) is 4. The molecule has 39 heavy (non-hydrogen) atoms. The average Bonchev–Trinajstić information content (AvgIpc) is 3.60. The Bertz CT molecular complexity index is 1510. The molecular formula is C25H20Cl2F3N5O3S. The number of carbonyl (C=O) groups excluding carboxylic acids is 1. The number of halogens is 5. The molecule has 1 amide bonds. The Morgan fingerprint density at radius 2 is 1.92 bits per heavy atom. The lowest BCUT2D eigenvalue weighted by Crippen LogP contribution is -2.21. The average molecular weight is 598 g/mol. The summed E-state index contributed by atoms with van der Waals surface area (Å²) < 4.78 is 42.0. The van der Waals surface area contributed by atoms with Crippen molar-refractivity contribution in [3.63, 3.8) is 0 Å². The van der Waals surface area contributed by atoms with E-state index < -0.39 is 34.1 Å². The van der Waals surface area contributed by atoms with Crippen LogP contribution >= 0.6 is 35.0 Å². The van der Waals surface area contributed by atoms with Gasteiger partial charge in [0.2, 0.25) is 11.1 Å². The monoisotopic (exact) mass is 597 g/mol. The molecule has 4 rings (SSSR count). The van der Waals surface area contributed by atoms with Crippen molar-refractivity contribution in [3.8, 4) is 17.5 Å². The highest BCUT2D eigenvalue weighted by Gasteiger charge is 2.37. The molecule has 8 nitrogen and oxygen atoms in total. The molecule has 0 bridgehead atoms.